The zero-order valence-corrected chi connectivity index (χ0v) is 25.4. The summed E-state index contributed by atoms with van der Waals surface area (Å²) in [7, 11) is -1.97. The van der Waals surface area contributed by atoms with Gasteiger partial charge in [-0.3, -0.25) is 9.10 Å². The molecule has 212 valence electrons. The quantitative estimate of drug-likeness (QED) is 0.149. The van der Waals surface area contributed by atoms with Gasteiger partial charge in [-0.25, -0.2) is 13.8 Å². The molecule has 0 unspecified atom stereocenters. The van der Waals surface area contributed by atoms with Gasteiger partial charge in [0.05, 0.1) is 36.3 Å². The van der Waals surface area contributed by atoms with Gasteiger partial charge in [-0.05, 0) is 69.5 Å². The van der Waals surface area contributed by atoms with Crippen LogP contribution in [0.4, 0.5) is 5.69 Å². The molecule has 41 heavy (non-hydrogen) atoms. The summed E-state index contributed by atoms with van der Waals surface area (Å²) >= 11 is 9.74. The summed E-state index contributed by atoms with van der Waals surface area (Å²) < 4.78 is 38.1. The second-order valence-corrected chi connectivity index (χ2v) is 12.1. The van der Waals surface area contributed by atoms with Crippen LogP contribution in [0.1, 0.15) is 27.0 Å². The fraction of sp³-hybridized carbons (Fsp3) is 0.133. The van der Waals surface area contributed by atoms with Crippen molar-refractivity contribution in [3.05, 3.63) is 123 Å². The molecule has 4 aromatic rings. The number of ether oxygens (including phenoxy) is 2. The molecule has 1 N–H and O–H groups in total. The summed E-state index contributed by atoms with van der Waals surface area (Å²) in [5.74, 6) is 0.574. The Balaban J connectivity index is 1.39. The third kappa shape index (κ3) is 8.09. The number of rotatable bonds is 11. The summed E-state index contributed by atoms with van der Waals surface area (Å²) in [5, 5.41) is 4.68. The highest BCUT2D eigenvalue weighted by Gasteiger charge is 2.18. The van der Waals surface area contributed by atoms with Crippen LogP contribution in [0, 0.1) is 0 Å². The van der Waals surface area contributed by atoms with Crippen molar-refractivity contribution in [2.75, 3.05) is 17.7 Å². The molecule has 0 bridgehead atoms. The normalized spacial score (nSPS) is 11.3. The average Bonchev–Trinajstić information content (AvgIpc) is 2.96. The van der Waals surface area contributed by atoms with Crippen molar-refractivity contribution in [3.63, 3.8) is 0 Å². The highest BCUT2D eigenvalue weighted by atomic mass is 79.9. The van der Waals surface area contributed by atoms with Gasteiger partial charge in [-0.15, -0.1) is 0 Å². The van der Waals surface area contributed by atoms with E-state index in [1.54, 1.807) is 66.7 Å². The number of benzene rings is 4. The maximum Gasteiger partial charge on any atom is 0.271 e. The van der Waals surface area contributed by atoms with E-state index in [2.05, 4.69) is 26.5 Å². The number of para-hydroxylation sites is 1. The van der Waals surface area contributed by atoms with Crippen LogP contribution in [0.5, 0.6) is 11.5 Å². The second-order valence-electron chi connectivity index (χ2n) is 8.92. The predicted molar refractivity (Wildman–Crippen MR) is 165 cm³/mol. The van der Waals surface area contributed by atoms with Crippen LogP contribution in [0.25, 0.3) is 0 Å². The zero-order valence-electron chi connectivity index (χ0n) is 22.3. The Morgan fingerprint density at radius 2 is 1.71 bits per heavy atom. The van der Waals surface area contributed by atoms with Crippen LogP contribution in [0.2, 0.25) is 5.02 Å². The monoisotopic (exact) mass is 655 g/mol. The maximum atomic E-state index is 12.6. The van der Waals surface area contributed by atoms with Crippen LogP contribution in [0.3, 0.4) is 0 Å². The van der Waals surface area contributed by atoms with Crippen molar-refractivity contribution in [1.82, 2.24) is 5.43 Å². The minimum atomic E-state index is -3.50. The van der Waals surface area contributed by atoms with Gasteiger partial charge in [0.25, 0.3) is 5.91 Å². The number of hydrazone groups is 1. The molecule has 0 fully saturated rings. The van der Waals surface area contributed by atoms with Gasteiger partial charge in [0.1, 0.15) is 6.61 Å². The van der Waals surface area contributed by atoms with Gasteiger partial charge in [0.2, 0.25) is 10.0 Å². The van der Waals surface area contributed by atoms with E-state index in [1.165, 1.54) is 17.6 Å². The van der Waals surface area contributed by atoms with E-state index in [1.807, 2.05) is 24.3 Å². The van der Waals surface area contributed by atoms with Gasteiger partial charge in [0.15, 0.2) is 11.5 Å². The number of nitrogens with one attached hydrogen (secondary N) is 1. The van der Waals surface area contributed by atoms with Crippen molar-refractivity contribution in [1.29, 1.82) is 0 Å². The van der Waals surface area contributed by atoms with Crippen LogP contribution < -0.4 is 19.2 Å². The molecule has 0 aliphatic carbocycles. The highest BCUT2D eigenvalue weighted by molar-refractivity contribution is 9.10. The van der Waals surface area contributed by atoms with Crippen molar-refractivity contribution < 1.29 is 22.7 Å². The molecular weight excluding hydrogens is 630 g/mol. The lowest BCUT2D eigenvalue weighted by Crippen LogP contribution is -2.29. The first kappa shape index (κ1) is 30.1. The molecule has 0 radical (unpaired) electrons. The number of carbonyl (C=O) groups is 1. The summed E-state index contributed by atoms with van der Waals surface area (Å²) in [6.45, 7) is 0.396. The number of hydrogen-bond acceptors (Lipinski definition) is 6. The first-order valence-electron chi connectivity index (χ1n) is 12.3. The van der Waals surface area contributed by atoms with E-state index < -0.39 is 15.9 Å². The first-order chi connectivity index (χ1) is 19.7. The minimum absolute atomic E-state index is 0.137. The molecule has 0 spiro atoms. The number of anilines is 1. The summed E-state index contributed by atoms with van der Waals surface area (Å²) in [6, 6.07) is 26.5. The molecule has 0 aliphatic heterocycles. The Labute approximate surface area is 252 Å². The fourth-order valence-corrected chi connectivity index (χ4v) is 5.52. The lowest BCUT2D eigenvalue weighted by atomic mass is 10.1. The number of methoxy groups -OCH3 is 1. The van der Waals surface area contributed by atoms with Crippen molar-refractivity contribution in [3.8, 4) is 11.5 Å². The van der Waals surface area contributed by atoms with Crippen molar-refractivity contribution >= 4 is 55.4 Å². The number of sulfonamides is 1. The highest BCUT2D eigenvalue weighted by Crippen LogP contribution is 2.37. The molecule has 8 nitrogen and oxygen atoms in total. The van der Waals surface area contributed by atoms with Crippen LogP contribution >= 0.6 is 27.5 Å². The standard InChI is InChI=1S/C30H27BrClN3O5S/c1-39-28-17-22(16-26(31)29(28)40-20-24-8-6-7-11-27(24)32)18-33-34-30(36)23-14-12-21(13-15-23)19-35(41(2,37)38)25-9-4-3-5-10-25/h3-18H,19-20H2,1-2H3,(H,34,36)/b33-18-. The fourth-order valence-electron chi connectivity index (χ4n) is 3.87. The van der Waals surface area contributed by atoms with E-state index >= 15 is 0 Å². The number of nitrogens with zero attached hydrogens (tertiary/aromatic N) is 2. The molecule has 0 saturated heterocycles. The number of carbonyl (C=O) groups excluding carboxylic acids is 1. The summed E-state index contributed by atoms with van der Waals surface area (Å²) in [6.07, 6.45) is 2.65. The van der Waals surface area contributed by atoms with E-state index in [0.717, 1.165) is 17.4 Å². The molecule has 11 heteroatoms. The molecule has 4 aromatic carbocycles. The third-order valence-electron chi connectivity index (χ3n) is 5.95. The largest absolute Gasteiger partial charge is 0.493 e. The summed E-state index contributed by atoms with van der Waals surface area (Å²) in [5.41, 5.74) is 5.68. The van der Waals surface area contributed by atoms with Gasteiger partial charge in [0, 0.05) is 16.1 Å². The smallest absolute Gasteiger partial charge is 0.271 e. The van der Waals surface area contributed by atoms with Crippen LogP contribution in [0.15, 0.2) is 101 Å². The zero-order chi connectivity index (χ0) is 29.4. The minimum Gasteiger partial charge on any atom is -0.493 e. The van der Waals surface area contributed by atoms with Gasteiger partial charge in [-0.1, -0.05) is 60.1 Å². The lowest BCUT2D eigenvalue weighted by Gasteiger charge is -2.22. The number of hydrogen-bond donors (Lipinski definition) is 1. The SMILES string of the molecule is COc1cc(/C=N\NC(=O)c2ccc(CN(c3ccccc3)S(C)(=O)=O)cc2)cc(Br)c1OCc1ccccc1Cl. The molecule has 1 amide bonds. The van der Waals surface area contributed by atoms with Crippen LogP contribution in [-0.4, -0.2) is 33.9 Å². The molecule has 0 aromatic heterocycles. The Bertz CT molecular complexity index is 1650. The topological polar surface area (TPSA) is 97.3 Å². The van der Waals surface area contributed by atoms with Gasteiger partial charge in [-0.2, -0.15) is 5.10 Å². The van der Waals surface area contributed by atoms with Crippen LogP contribution in [-0.2, 0) is 23.2 Å². The molecule has 0 aliphatic rings. The summed E-state index contributed by atoms with van der Waals surface area (Å²) in [4.78, 5) is 12.6. The van der Waals surface area contributed by atoms with E-state index in [4.69, 9.17) is 21.1 Å². The molecule has 0 heterocycles. The average molecular weight is 657 g/mol. The molecule has 0 saturated carbocycles. The molecular formula is C30H27BrClN3O5S. The Morgan fingerprint density at radius 3 is 2.37 bits per heavy atom. The van der Waals surface area contributed by atoms with Crippen molar-refractivity contribution in [2.24, 2.45) is 5.10 Å². The molecule has 4 rings (SSSR count). The first-order valence-corrected chi connectivity index (χ1v) is 15.4. The molecule has 0 atom stereocenters. The number of amides is 1. The van der Waals surface area contributed by atoms with Gasteiger partial charge < -0.3 is 9.47 Å². The third-order valence-corrected chi connectivity index (χ3v) is 8.05. The predicted octanol–water partition coefficient (Wildman–Crippen LogP) is 6.42. The number of halogens is 2. The van der Waals surface area contributed by atoms with E-state index in [9.17, 15) is 13.2 Å². The van der Waals surface area contributed by atoms with E-state index in [-0.39, 0.29) is 13.2 Å². The van der Waals surface area contributed by atoms with Crippen molar-refractivity contribution in [2.45, 2.75) is 13.2 Å². The Morgan fingerprint density at radius 1 is 1.02 bits per heavy atom. The second kappa shape index (κ2) is 13.7. The Kier molecular flexibility index (Phi) is 10.0. The Hall–Kier alpha value is -3.86. The van der Waals surface area contributed by atoms with E-state index in [0.29, 0.717) is 37.8 Å². The van der Waals surface area contributed by atoms with Gasteiger partial charge >= 0.3 is 0 Å². The lowest BCUT2D eigenvalue weighted by molar-refractivity contribution is 0.0955. The maximum absolute atomic E-state index is 12.6.